The Kier molecular flexibility index (Phi) is 5.25. The van der Waals surface area contributed by atoms with Crippen molar-refractivity contribution in [3.63, 3.8) is 0 Å². The smallest absolute Gasteiger partial charge is 0.292 e. The summed E-state index contributed by atoms with van der Waals surface area (Å²) in [4.78, 5) is 29.7. The number of nitrogens with one attached hydrogen (secondary N) is 2. The molecule has 2 N–H and O–H groups in total. The van der Waals surface area contributed by atoms with Crippen LogP contribution < -0.4 is 28.9 Å². The van der Waals surface area contributed by atoms with Gasteiger partial charge in [0.15, 0.2) is 17.5 Å². The van der Waals surface area contributed by atoms with Crippen LogP contribution in [0.1, 0.15) is 12.0 Å². The number of carbonyl (C=O) groups is 2. The first-order valence-corrected chi connectivity index (χ1v) is 10.7. The third-order valence-corrected chi connectivity index (χ3v) is 6.46. The summed E-state index contributed by atoms with van der Waals surface area (Å²) in [6.45, 7) is 4.88. The zero-order chi connectivity index (χ0) is 21.4. The van der Waals surface area contributed by atoms with Gasteiger partial charge in [0, 0.05) is 5.56 Å². The average Bonchev–Trinajstić information content (AvgIpc) is 3.38. The number of anilines is 1. The van der Waals surface area contributed by atoms with Crippen molar-refractivity contribution < 1.29 is 33.6 Å². The van der Waals surface area contributed by atoms with E-state index in [-0.39, 0.29) is 31.1 Å². The highest BCUT2D eigenvalue weighted by atomic mass is 16.7. The molecule has 2 fully saturated rings. The zero-order valence-electron chi connectivity index (χ0n) is 17.6. The highest BCUT2D eigenvalue weighted by Gasteiger charge is 2.47. The van der Waals surface area contributed by atoms with Crippen molar-refractivity contribution in [3.05, 3.63) is 48.0 Å². The van der Waals surface area contributed by atoms with Gasteiger partial charge in [-0.1, -0.05) is 0 Å². The van der Waals surface area contributed by atoms with Crippen LogP contribution in [0, 0.1) is 0 Å². The number of quaternary nitrogens is 2. The van der Waals surface area contributed by atoms with Crippen molar-refractivity contribution in [2.75, 3.05) is 45.0 Å². The molecule has 0 spiro atoms. The van der Waals surface area contributed by atoms with Crippen molar-refractivity contribution in [2.24, 2.45) is 0 Å². The minimum atomic E-state index is -0.290. The third-order valence-electron chi connectivity index (χ3n) is 6.46. The quantitative estimate of drug-likeness (QED) is 0.604. The molecule has 3 aliphatic heterocycles. The summed E-state index contributed by atoms with van der Waals surface area (Å²) in [6, 6.07) is 12.9. The van der Waals surface area contributed by atoms with E-state index in [9.17, 15) is 9.59 Å². The molecule has 1 atom stereocenters. The molecule has 0 aliphatic carbocycles. The van der Waals surface area contributed by atoms with Gasteiger partial charge in [-0.2, -0.15) is 0 Å². The highest BCUT2D eigenvalue weighted by molar-refractivity contribution is 6.21. The maximum absolute atomic E-state index is 13.1. The molecule has 0 unspecified atom stereocenters. The summed E-state index contributed by atoms with van der Waals surface area (Å²) in [5, 5.41) is 0. The molecule has 2 aromatic carbocycles. The van der Waals surface area contributed by atoms with E-state index in [4.69, 9.17) is 14.2 Å². The molecule has 3 heterocycles. The largest absolute Gasteiger partial charge is 0.497 e. The Labute approximate surface area is 180 Å². The van der Waals surface area contributed by atoms with E-state index in [0.29, 0.717) is 11.4 Å². The Balaban J connectivity index is 1.19. The van der Waals surface area contributed by atoms with Crippen LogP contribution in [0.5, 0.6) is 17.2 Å². The van der Waals surface area contributed by atoms with Crippen LogP contribution in [0.25, 0.3) is 0 Å². The summed E-state index contributed by atoms with van der Waals surface area (Å²) in [6.07, 6.45) is 0.275. The Morgan fingerprint density at radius 1 is 1.00 bits per heavy atom. The van der Waals surface area contributed by atoms with Crippen LogP contribution in [0.15, 0.2) is 42.5 Å². The van der Waals surface area contributed by atoms with Crippen LogP contribution in [0.2, 0.25) is 0 Å². The summed E-state index contributed by atoms with van der Waals surface area (Å²) < 4.78 is 16.0. The fraction of sp³-hybridized carbons (Fsp3) is 0.391. The fourth-order valence-corrected chi connectivity index (χ4v) is 4.74. The van der Waals surface area contributed by atoms with E-state index in [1.165, 1.54) is 20.3 Å². The number of ether oxygens (including phenoxy) is 3. The second-order valence-electron chi connectivity index (χ2n) is 8.29. The van der Waals surface area contributed by atoms with E-state index in [1.54, 1.807) is 31.4 Å². The Hall–Kier alpha value is -3.10. The molecule has 0 saturated carbocycles. The molecule has 2 aromatic rings. The van der Waals surface area contributed by atoms with Crippen molar-refractivity contribution in [1.29, 1.82) is 0 Å². The van der Waals surface area contributed by atoms with Crippen LogP contribution in [0.3, 0.4) is 0 Å². The molecule has 3 aliphatic rings. The number of imide groups is 1. The molecule has 0 bridgehead atoms. The normalized spacial score (nSPS) is 25.2. The van der Waals surface area contributed by atoms with Gasteiger partial charge in [0.05, 0.1) is 19.2 Å². The van der Waals surface area contributed by atoms with Gasteiger partial charge in [-0.05, 0) is 42.5 Å². The molecule has 31 heavy (non-hydrogen) atoms. The summed E-state index contributed by atoms with van der Waals surface area (Å²) in [5.74, 6) is 2.10. The number of amides is 2. The Morgan fingerprint density at radius 3 is 2.48 bits per heavy atom. The molecule has 162 valence electrons. The number of hydrogen-bond acceptors (Lipinski definition) is 5. The van der Waals surface area contributed by atoms with Crippen molar-refractivity contribution in [1.82, 2.24) is 0 Å². The minimum Gasteiger partial charge on any atom is -0.497 e. The number of nitrogens with zero attached hydrogens (tertiary/aromatic N) is 1. The first-order chi connectivity index (χ1) is 15.1. The fourth-order valence-electron chi connectivity index (χ4n) is 4.74. The maximum atomic E-state index is 13.1. The number of rotatable bonds is 5. The highest BCUT2D eigenvalue weighted by Crippen LogP contribution is 2.32. The van der Waals surface area contributed by atoms with Gasteiger partial charge in [0.25, 0.3) is 5.91 Å². The second kappa shape index (κ2) is 8.20. The van der Waals surface area contributed by atoms with Gasteiger partial charge in [-0.15, -0.1) is 0 Å². The van der Waals surface area contributed by atoms with Crippen LogP contribution >= 0.6 is 0 Å². The molecule has 0 aromatic heterocycles. The van der Waals surface area contributed by atoms with E-state index < -0.39 is 0 Å². The van der Waals surface area contributed by atoms with Crippen molar-refractivity contribution in [2.45, 2.75) is 19.0 Å². The molecular formula is C23H27N3O5+2. The molecule has 0 radical (unpaired) electrons. The average molecular weight is 425 g/mol. The van der Waals surface area contributed by atoms with Gasteiger partial charge in [-0.3, -0.25) is 9.59 Å². The standard InChI is InChI=1S/C23H25N3O5/c1-29-18-5-3-17(4-6-18)26-22(27)13-19(23(26)28)25-10-8-24(9-11-25)14-16-2-7-20-21(12-16)31-15-30-20/h2-7,12,19H,8-11,13-15H2,1H3/p+2/t19-/m1/s1. The van der Waals surface area contributed by atoms with Gasteiger partial charge in [-0.25, -0.2) is 4.90 Å². The van der Waals surface area contributed by atoms with Crippen molar-refractivity contribution >= 4 is 17.5 Å². The van der Waals surface area contributed by atoms with E-state index in [2.05, 4.69) is 12.1 Å². The van der Waals surface area contributed by atoms with Gasteiger partial charge in [0.1, 0.15) is 38.5 Å². The van der Waals surface area contributed by atoms with Crippen LogP contribution in [-0.2, 0) is 16.1 Å². The van der Waals surface area contributed by atoms with Gasteiger partial charge >= 0.3 is 0 Å². The maximum Gasteiger partial charge on any atom is 0.292 e. The predicted molar refractivity (Wildman–Crippen MR) is 112 cm³/mol. The molecule has 8 heteroatoms. The molecule has 5 rings (SSSR count). The molecular weight excluding hydrogens is 398 g/mol. The third kappa shape index (κ3) is 3.84. The number of methoxy groups -OCH3 is 1. The second-order valence-corrected chi connectivity index (χ2v) is 8.29. The monoisotopic (exact) mass is 425 g/mol. The topological polar surface area (TPSA) is 73.9 Å². The number of hydrogen-bond donors (Lipinski definition) is 2. The number of benzene rings is 2. The minimum absolute atomic E-state index is 0.0932. The van der Waals surface area contributed by atoms with E-state index >= 15 is 0 Å². The predicted octanol–water partition coefficient (Wildman–Crippen LogP) is -0.961. The summed E-state index contributed by atoms with van der Waals surface area (Å²) in [5.41, 5.74) is 1.84. The Morgan fingerprint density at radius 2 is 1.74 bits per heavy atom. The summed E-state index contributed by atoms with van der Waals surface area (Å²) in [7, 11) is 1.59. The molecule has 2 amide bonds. The lowest BCUT2D eigenvalue weighted by molar-refractivity contribution is -1.02. The van der Waals surface area contributed by atoms with Gasteiger partial charge < -0.3 is 24.0 Å². The van der Waals surface area contributed by atoms with Crippen LogP contribution in [0.4, 0.5) is 5.69 Å². The number of fused-ring (bicyclic) bond motifs is 1. The lowest BCUT2D eigenvalue weighted by atomic mass is 10.1. The first kappa shape index (κ1) is 19.8. The Bertz CT molecular complexity index is 985. The van der Waals surface area contributed by atoms with E-state index in [1.807, 2.05) is 6.07 Å². The number of carbonyl (C=O) groups excluding carboxylic acids is 2. The molecule has 8 nitrogen and oxygen atoms in total. The lowest BCUT2D eigenvalue weighted by Crippen LogP contribution is -3.29. The van der Waals surface area contributed by atoms with Crippen LogP contribution in [-0.4, -0.2) is 57.9 Å². The molecule has 2 saturated heterocycles. The number of piperazine rings is 1. The first-order valence-electron chi connectivity index (χ1n) is 10.7. The zero-order valence-corrected chi connectivity index (χ0v) is 17.6. The van der Waals surface area contributed by atoms with E-state index in [0.717, 1.165) is 44.2 Å². The summed E-state index contributed by atoms with van der Waals surface area (Å²) >= 11 is 0. The SMILES string of the molecule is COc1ccc(N2C(=O)C[C@@H]([NH+]3CC[NH+](Cc4ccc5c(c4)OCO5)CC3)C2=O)cc1. The van der Waals surface area contributed by atoms with Crippen molar-refractivity contribution in [3.8, 4) is 17.2 Å². The van der Waals surface area contributed by atoms with Gasteiger partial charge in [0.2, 0.25) is 12.7 Å². The lowest BCUT2D eigenvalue weighted by Gasteiger charge is -2.32.